The van der Waals surface area contributed by atoms with Gasteiger partial charge in [0.2, 0.25) is 11.8 Å². The van der Waals surface area contributed by atoms with Gasteiger partial charge in [0.15, 0.2) is 5.13 Å². The molecule has 2 amide bonds. The quantitative estimate of drug-likeness (QED) is 0.277. The molecule has 4 N–H and O–H groups in total. The average molecular weight is 522 g/mol. The van der Waals surface area contributed by atoms with Crippen LogP contribution in [0.15, 0.2) is 54.6 Å². The van der Waals surface area contributed by atoms with Crippen LogP contribution >= 0.6 is 22.9 Å². The molecule has 1 fully saturated rings. The Morgan fingerprint density at radius 2 is 1.89 bits per heavy atom. The first kappa shape index (κ1) is 24.2. The van der Waals surface area contributed by atoms with E-state index >= 15 is 0 Å². The van der Waals surface area contributed by atoms with E-state index in [1.54, 1.807) is 48.5 Å². The average Bonchev–Trinajstić information content (AvgIpc) is 3.61. The molecule has 1 aliphatic rings. The van der Waals surface area contributed by atoms with E-state index < -0.39 is 5.54 Å². The van der Waals surface area contributed by atoms with Gasteiger partial charge in [0.05, 0.1) is 5.02 Å². The molecule has 0 spiro atoms. The van der Waals surface area contributed by atoms with Crippen molar-refractivity contribution in [1.29, 1.82) is 0 Å². The van der Waals surface area contributed by atoms with Gasteiger partial charge in [0, 0.05) is 34.8 Å². The lowest BCUT2D eigenvalue weighted by atomic mass is 9.94. The summed E-state index contributed by atoms with van der Waals surface area (Å²) in [5.74, 6) is 0.462. The third kappa shape index (κ3) is 5.48. The van der Waals surface area contributed by atoms with Crippen LogP contribution in [0.4, 0.5) is 10.8 Å². The smallest absolute Gasteiger partial charge is 0.255 e. The summed E-state index contributed by atoms with van der Waals surface area (Å²) in [6.45, 7) is 3.77. The highest BCUT2D eigenvalue weighted by Crippen LogP contribution is 2.35. The van der Waals surface area contributed by atoms with E-state index in [1.807, 2.05) is 19.9 Å². The molecule has 5 rings (SSSR count). The molecular weight excluding hydrogens is 498 g/mol. The molecule has 2 heterocycles. The molecule has 8 nitrogen and oxygen atoms in total. The van der Waals surface area contributed by atoms with Crippen LogP contribution in [0.5, 0.6) is 11.6 Å². The molecule has 0 atom stereocenters. The maximum atomic E-state index is 12.8. The number of ether oxygens (including phenoxy) is 1. The summed E-state index contributed by atoms with van der Waals surface area (Å²) in [6.07, 6.45) is 1.84. The fourth-order valence-corrected chi connectivity index (χ4v) is 4.49. The lowest BCUT2D eigenvalue weighted by molar-refractivity contribution is -0.117. The first-order valence-corrected chi connectivity index (χ1v) is 12.6. The fraction of sp³-hybridized carbons (Fsp3) is 0.231. The van der Waals surface area contributed by atoms with Gasteiger partial charge in [-0.1, -0.05) is 35.1 Å². The van der Waals surface area contributed by atoms with Crippen molar-refractivity contribution in [3.05, 3.63) is 70.7 Å². The number of hydrogen-bond donors (Lipinski definition) is 3. The fourth-order valence-electron chi connectivity index (χ4n) is 3.50. The standard InChI is InChI=1S/C26H24ClN5O3S/c1-26(2,28)16-5-3-4-15(12-16)23(34)29-17-8-9-18(27)20(13-17)35-21-11-10-19-24(31-21)36-25(30-19)32-22(33)14-6-7-14/h3-5,8-14H,6-7,28H2,1-2H3,(H,29,34)(H,30,32,33). The largest absolute Gasteiger partial charge is 0.437 e. The summed E-state index contributed by atoms with van der Waals surface area (Å²) < 4.78 is 5.93. The van der Waals surface area contributed by atoms with Crippen molar-refractivity contribution >= 4 is 55.9 Å². The summed E-state index contributed by atoms with van der Waals surface area (Å²) in [6, 6.07) is 15.6. The molecule has 0 unspecified atom stereocenters. The zero-order valence-electron chi connectivity index (χ0n) is 19.7. The second-order valence-electron chi connectivity index (χ2n) is 9.26. The molecule has 0 radical (unpaired) electrons. The van der Waals surface area contributed by atoms with Crippen LogP contribution in [0.3, 0.4) is 0 Å². The van der Waals surface area contributed by atoms with Gasteiger partial charge in [-0.15, -0.1) is 0 Å². The van der Waals surface area contributed by atoms with Crippen LogP contribution in [0, 0.1) is 5.92 Å². The SMILES string of the molecule is CC(C)(N)c1cccc(C(=O)Nc2ccc(Cl)c(Oc3ccc4nc(NC(=O)C5CC5)sc4n3)c2)c1. The Balaban J connectivity index is 1.31. The van der Waals surface area contributed by atoms with Crippen molar-refractivity contribution in [1.82, 2.24) is 9.97 Å². The molecule has 0 aliphatic heterocycles. The summed E-state index contributed by atoms with van der Waals surface area (Å²) >= 11 is 7.63. The number of hydrogen-bond acceptors (Lipinski definition) is 7. The van der Waals surface area contributed by atoms with Crippen LogP contribution in [0.1, 0.15) is 42.6 Å². The lowest BCUT2D eigenvalue weighted by Gasteiger charge is -2.19. The van der Waals surface area contributed by atoms with Crippen molar-refractivity contribution in [3.8, 4) is 11.6 Å². The number of thiazole rings is 1. The Kier molecular flexibility index (Phi) is 6.38. The zero-order valence-corrected chi connectivity index (χ0v) is 21.2. The molecule has 1 aliphatic carbocycles. The molecule has 4 aromatic rings. The Morgan fingerprint density at radius 1 is 1.08 bits per heavy atom. The normalized spacial score (nSPS) is 13.4. The number of halogens is 1. The topological polar surface area (TPSA) is 119 Å². The van der Waals surface area contributed by atoms with Gasteiger partial charge in [-0.05, 0) is 62.6 Å². The van der Waals surface area contributed by atoms with Gasteiger partial charge in [0.1, 0.15) is 16.1 Å². The Labute approximate surface area is 216 Å². The molecule has 2 aromatic heterocycles. The number of rotatable bonds is 7. The highest BCUT2D eigenvalue weighted by atomic mass is 35.5. The Bertz CT molecular complexity index is 1480. The van der Waals surface area contributed by atoms with Crippen molar-refractivity contribution in [2.75, 3.05) is 10.6 Å². The maximum absolute atomic E-state index is 12.8. The number of amides is 2. The number of nitrogens with one attached hydrogen (secondary N) is 2. The molecule has 2 aromatic carbocycles. The van der Waals surface area contributed by atoms with Crippen molar-refractivity contribution in [2.24, 2.45) is 11.7 Å². The third-order valence-corrected chi connectivity index (χ3v) is 6.87. The number of pyridine rings is 1. The van der Waals surface area contributed by atoms with Gasteiger partial charge < -0.3 is 21.1 Å². The number of nitrogens with two attached hydrogens (primary N) is 1. The summed E-state index contributed by atoms with van der Waals surface area (Å²) in [7, 11) is 0. The molecule has 10 heteroatoms. The minimum Gasteiger partial charge on any atom is -0.437 e. The van der Waals surface area contributed by atoms with Crippen LogP contribution in [0.25, 0.3) is 10.3 Å². The van der Waals surface area contributed by atoms with Crippen molar-refractivity contribution < 1.29 is 14.3 Å². The zero-order chi connectivity index (χ0) is 25.4. The second kappa shape index (κ2) is 9.50. The number of anilines is 2. The van der Waals surface area contributed by atoms with E-state index in [0.717, 1.165) is 18.4 Å². The van der Waals surface area contributed by atoms with Crippen molar-refractivity contribution in [3.63, 3.8) is 0 Å². The molecule has 36 heavy (non-hydrogen) atoms. The minimum atomic E-state index is -0.562. The molecule has 0 bridgehead atoms. The van der Waals surface area contributed by atoms with Crippen LogP contribution in [-0.4, -0.2) is 21.8 Å². The lowest BCUT2D eigenvalue weighted by Crippen LogP contribution is -2.29. The van der Waals surface area contributed by atoms with E-state index in [4.69, 9.17) is 22.1 Å². The van der Waals surface area contributed by atoms with Crippen LogP contribution < -0.4 is 21.1 Å². The number of nitrogens with zero attached hydrogens (tertiary/aromatic N) is 2. The Hall–Kier alpha value is -3.53. The van der Waals surface area contributed by atoms with Crippen LogP contribution in [0.2, 0.25) is 5.02 Å². The number of benzene rings is 2. The number of fused-ring (bicyclic) bond motifs is 1. The third-order valence-electron chi connectivity index (χ3n) is 5.68. The predicted molar refractivity (Wildman–Crippen MR) is 142 cm³/mol. The maximum Gasteiger partial charge on any atom is 0.255 e. The minimum absolute atomic E-state index is 0.00496. The number of carbonyl (C=O) groups is 2. The predicted octanol–water partition coefficient (Wildman–Crippen LogP) is 5.93. The van der Waals surface area contributed by atoms with Gasteiger partial charge in [0.25, 0.3) is 5.91 Å². The number of aromatic nitrogens is 2. The van der Waals surface area contributed by atoms with Gasteiger partial charge in [-0.3, -0.25) is 9.59 Å². The van der Waals surface area contributed by atoms with E-state index in [1.165, 1.54) is 11.3 Å². The molecule has 0 saturated heterocycles. The van der Waals surface area contributed by atoms with Gasteiger partial charge in [-0.2, -0.15) is 0 Å². The van der Waals surface area contributed by atoms with Gasteiger partial charge >= 0.3 is 0 Å². The Morgan fingerprint density at radius 3 is 2.64 bits per heavy atom. The summed E-state index contributed by atoms with van der Waals surface area (Å²) in [5.41, 5.74) is 8.13. The highest BCUT2D eigenvalue weighted by molar-refractivity contribution is 7.21. The van der Waals surface area contributed by atoms with Crippen LogP contribution in [-0.2, 0) is 10.3 Å². The first-order chi connectivity index (χ1) is 17.2. The highest BCUT2D eigenvalue weighted by Gasteiger charge is 2.30. The van der Waals surface area contributed by atoms with Gasteiger partial charge in [-0.25, -0.2) is 9.97 Å². The number of carbonyl (C=O) groups excluding carboxylic acids is 2. The first-order valence-electron chi connectivity index (χ1n) is 11.4. The molecular formula is C26H24ClN5O3S. The summed E-state index contributed by atoms with van der Waals surface area (Å²) in [4.78, 5) is 34.4. The second-order valence-corrected chi connectivity index (χ2v) is 10.6. The summed E-state index contributed by atoms with van der Waals surface area (Å²) in [5, 5.41) is 6.59. The van der Waals surface area contributed by atoms with E-state index in [0.29, 0.717) is 43.4 Å². The molecule has 184 valence electrons. The monoisotopic (exact) mass is 521 g/mol. The van der Waals surface area contributed by atoms with E-state index in [-0.39, 0.29) is 17.7 Å². The molecule has 1 saturated carbocycles. The van der Waals surface area contributed by atoms with Crippen molar-refractivity contribution in [2.45, 2.75) is 32.2 Å². The van der Waals surface area contributed by atoms with E-state index in [9.17, 15) is 9.59 Å². The van der Waals surface area contributed by atoms with E-state index in [2.05, 4.69) is 20.6 Å².